The van der Waals surface area contributed by atoms with E-state index in [1.807, 2.05) is 130 Å². The molecule has 0 saturated heterocycles. The third kappa shape index (κ3) is 23.4. The number of carbonyl (C=O) groups is 5. The van der Waals surface area contributed by atoms with Crippen LogP contribution in [0.15, 0.2) is 59.8 Å². The number of carbonyl (C=O) groups excluding carboxylic acids is 5. The van der Waals surface area contributed by atoms with Gasteiger partial charge in [-0.2, -0.15) is 0 Å². The van der Waals surface area contributed by atoms with Crippen LogP contribution in [0.3, 0.4) is 0 Å². The number of aliphatic hydroxyl groups is 1. The van der Waals surface area contributed by atoms with Crippen LogP contribution in [-0.4, -0.2) is 69.6 Å². The summed E-state index contributed by atoms with van der Waals surface area (Å²) < 4.78 is 29.7. The molecule has 0 aromatic heterocycles. The second-order valence-corrected chi connectivity index (χ2v) is 31.9. The highest BCUT2D eigenvalue weighted by Gasteiger charge is 2.51. The molecule has 7 aliphatic rings. The lowest BCUT2D eigenvalue weighted by molar-refractivity contribution is -0.172. The van der Waals surface area contributed by atoms with Crippen LogP contribution in [0.2, 0.25) is 0 Å². The normalized spacial score (nSPS) is 24.7. The highest BCUT2D eigenvalue weighted by molar-refractivity contribution is 5.78. The topological polar surface area (TPSA) is 152 Å². The van der Waals surface area contributed by atoms with Crippen LogP contribution >= 0.6 is 0 Å². The number of hydrogen-bond donors (Lipinski definition) is 1. The number of ether oxygens (including phenoxy) is 5. The van der Waals surface area contributed by atoms with Crippen LogP contribution < -0.4 is 0 Å². The van der Waals surface area contributed by atoms with Gasteiger partial charge in [0.05, 0.1) is 33.7 Å². The second-order valence-electron chi connectivity index (χ2n) is 31.9. The van der Waals surface area contributed by atoms with E-state index in [0.29, 0.717) is 0 Å². The third-order valence-electron chi connectivity index (χ3n) is 22.6. The molecule has 11 heteroatoms. The minimum absolute atomic E-state index is 0.0169. The second kappa shape index (κ2) is 36.2. The standard InChI is InChI=1S/C18H30O2.C17H28O3.C16H28O2.C15H26O2.C14H24O2/c1-4-17(2,3)16(19)20-18(12-8-5-9-13-18)14-15-10-6-7-11-15;1-4-16(2,3)15(19)20-17(13-8-5-6-9-13)11-7-10-14(17)12-18;1-6-10-16(11-8-13(3)9-12-16)18-14(17)15(4,5)7-2;1-5-10-15(11-8-7-9-12-15)17-13(16)14(3,4)6-2;1-6-13(4,5)12(15)16-14(11(2)3)9-7-8-10-14/h14H,4-13H2,1-3H3;8,14,18H,4-7,9-12H2,1-3H3;6,10,13H,7-9,11-12H2,1-5H3;5,10H,6-9,11-12H2,1-4H3;2,6-10H2,1,3-5H3/b;;10-6+;10-5+;. The van der Waals surface area contributed by atoms with Gasteiger partial charge in [-0.05, 0) is 324 Å². The Kier molecular flexibility index (Phi) is 32.3. The molecule has 7 rings (SSSR count). The van der Waals surface area contributed by atoms with Gasteiger partial charge >= 0.3 is 29.8 Å². The van der Waals surface area contributed by atoms with Crippen molar-refractivity contribution in [1.29, 1.82) is 0 Å². The summed E-state index contributed by atoms with van der Waals surface area (Å²) in [5, 5.41) is 9.72. The summed E-state index contributed by atoms with van der Waals surface area (Å²) >= 11 is 0. The van der Waals surface area contributed by atoms with Crippen LogP contribution in [0.5, 0.6) is 0 Å². The lowest BCUT2D eigenvalue weighted by atomic mass is 9.78. The van der Waals surface area contributed by atoms with E-state index in [1.54, 1.807) is 0 Å². The van der Waals surface area contributed by atoms with E-state index < -0.39 is 11.0 Å². The SMILES string of the molecule is C/C=C/C1(OC(=O)C(C)(C)CC)CCC(C)CC1.C/C=C/C1(OC(=O)C(C)(C)CC)CCCCC1.C=C(C)C1(OC(=O)C(C)(C)CC)CCCC1.CCC(C)(C)C(=O)OC1(C2=CCCC2)CCCC1CO.CCC(C)(C)C(=O)OC1(C=C2CCCC2)CCCCC1. The van der Waals surface area contributed by atoms with E-state index in [4.69, 9.17) is 23.7 Å². The molecule has 0 spiro atoms. The maximum absolute atomic E-state index is 12.5. The number of esters is 5. The molecule has 1 N–H and O–H groups in total. The van der Waals surface area contributed by atoms with Gasteiger partial charge in [0.15, 0.2) is 0 Å². The van der Waals surface area contributed by atoms with E-state index in [-0.39, 0.29) is 86.4 Å². The van der Waals surface area contributed by atoms with E-state index >= 15 is 0 Å². The molecule has 2 atom stereocenters. The highest BCUT2D eigenvalue weighted by atomic mass is 16.6. The number of allylic oxidation sites excluding steroid dienone is 4. The largest absolute Gasteiger partial charge is 0.454 e. The monoisotopic (exact) mass is 1270 g/mol. The van der Waals surface area contributed by atoms with Gasteiger partial charge in [-0.3, -0.25) is 24.0 Å². The molecule has 0 aromatic carbocycles. The average molecular weight is 1270 g/mol. The average Bonchev–Trinajstić information content (AvgIpc) is 1.73. The Labute approximate surface area is 556 Å². The van der Waals surface area contributed by atoms with Crippen molar-refractivity contribution in [3.8, 4) is 0 Å². The molecule has 11 nitrogen and oxygen atoms in total. The molecule has 0 heterocycles. The first-order valence-electron chi connectivity index (χ1n) is 36.7. The zero-order chi connectivity index (χ0) is 68.6. The zero-order valence-electron chi connectivity index (χ0n) is 61.9. The van der Waals surface area contributed by atoms with Crippen LogP contribution in [0.4, 0.5) is 0 Å². The molecule has 522 valence electrons. The van der Waals surface area contributed by atoms with E-state index in [0.717, 1.165) is 172 Å². The molecule has 91 heavy (non-hydrogen) atoms. The van der Waals surface area contributed by atoms with E-state index in [2.05, 4.69) is 44.7 Å². The fourth-order valence-electron chi connectivity index (χ4n) is 13.2. The molecule has 0 radical (unpaired) electrons. The quantitative estimate of drug-likeness (QED) is 0.0664. The number of hydrogen-bond acceptors (Lipinski definition) is 11. The Bertz CT molecular complexity index is 2410. The third-order valence-corrected chi connectivity index (χ3v) is 22.6. The van der Waals surface area contributed by atoms with Crippen LogP contribution in [-0.2, 0) is 47.7 Å². The van der Waals surface area contributed by atoms with E-state index in [9.17, 15) is 29.1 Å². The smallest absolute Gasteiger partial charge is 0.312 e. The van der Waals surface area contributed by atoms with Gasteiger partial charge in [0.1, 0.15) is 28.0 Å². The molecular formula is C80H136O11. The molecule has 0 aliphatic heterocycles. The van der Waals surface area contributed by atoms with Crippen molar-refractivity contribution in [2.45, 2.75) is 371 Å². The van der Waals surface area contributed by atoms with Crippen LogP contribution in [0.1, 0.15) is 343 Å². The Morgan fingerprint density at radius 3 is 1.23 bits per heavy atom. The minimum atomic E-state index is -0.519. The van der Waals surface area contributed by atoms with Gasteiger partial charge in [-0.25, -0.2) is 0 Å². The maximum Gasteiger partial charge on any atom is 0.312 e. The lowest BCUT2D eigenvalue weighted by Crippen LogP contribution is -2.45. The van der Waals surface area contributed by atoms with Gasteiger partial charge in [0.25, 0.3) is 0 Å². The Morgan fingerprint density at radius 1 is 0.484 bits per heavy atom. The van der Waals surface area contributed by atoms with Crippen molar-refractivity contribution >= 4 is 29.8 Å². The summed E-state index contributed by atoms with van der Waals surface area (Å²) in [6.45, 7) is 42.1. The van der Waals surface area contributed by atoms with Crippen LogP contribution in [0, 0.1) is 38.9 Å². The lowest BCUT2D eigenvalue weighted by Gasteiger charge is -2.38. The summed E-state index contributed by atoms with van der Waals surface area (Å²) in [6, 6.07) is 0. The predicted octanol–water partition coefficient (Wildman–Crippen LogP) is 21.4. The van der Waals surface area contributed by atoms with Crippen molar-refractivity contribution in [3.05, 3.63) is 59.8 Å². The molecule has 7 aliphatic carbocycles. The molecule has 2 unspecified atom stereocenters. The first kappa shape index (κ1) is 81.2. The minimum Gasteiger partial charge on any atom is -0.454 e. The number of aliphatic hydroxyl groups excluding tert-OH is 1. The van der Waals surface area contributed by atoms with Crippen molar-refractivity contribution < 1.29 is 52.8 Å². The fourth-order valence-corrected chi connectivity index (χ4v) is 13.2. The summed E-state index contributed by atoms with van der Waals surface area (Å²) in [6.07, 6.45) is 47.4. The van der Waals surface area contributed by atoms with Crippen molar-refractivity contribution in [2.24, 2.45) is 38.9 Å². The zero-order valence-corrected chi connectivity index (χ0v) is 61.9. The van der Waals surface area contributed by atoms with Gasteiger partial charge < -0.3 is 28.8 Å². The van der Waals surface area contributed by atoms with Gasteiger partial charge in [-0.1, -0.05) is 84.8 Å². The summed E-state index contributed by atoms with van der Waals surface area (Å²) in [4.78, 5) is 61.6. The number of rotatable bonds is 21. The van der Waals surface area contributed by atoms with Crippen molar-refractivity contribution in [2.75, 3.05) is 6.61 Å². The Hall–Kier alpha value is -3.99. The van der Waals surface area contributed by atoms with Gasteiger partial charge in [-0.15, -0.1) is 0 Å². The predicted molar refractivity (Wildman–Crippen MR) is 374 cm³/mol. The maximum atomic E-state index is 12.5. The Balaban J connectivity index is 0.000000298. The highest BCUT2D eigenvalue weighted by Crippen LogP contribution is 2.49. The molecule has 0 bridgehead atoms. The molecule has 0 amide bonds. The summed E-state index contributed by atoms with van der Waals surface area (Å²) in [7, 11) is 0. The fraction of sp³-hybridized carbons (Fsp3) is 0.812. The summed E-state index contributed by atoms with van der Waals surface area (Å²) in [5.74, 6) is 0.493. The van der Waals surface area contributed by atoms with Gasteiger partial charge in [0.2, 0.25) is 0 Å². The molecular weight excluding hydrogens is 1140 g/mol. The van der Waals surface area contributed by atoms with Crippen molar-refractivity contribution in [1.82, 2.24) is 0 Å². The molecule has 6 saturated carbocycles. The van der Waals surface area contributed by atoms with Gasteiger partial charge in [0, 0.05) is 5.92 Å². The van der Waals surface area contributed by atoms with Crippen LogP contribution in [0.25, 0.3) is 0 Å². The Morgan fingerprint density at radius 2 is 0.857 bits per heavy atom. The van der Waals surface area contributed by atoms with E-state index in [1.165, 1.54) is 62.5 Å². The van der Waals surface area contributed by atoms with Crippen molar-refractivity contribution in [3.63, 3.8) is 0 Å². The molecule has 0 aromatic rings. The first-order chi connectivity index (χ1) is 42.6. The first-order valence-corrected chi connectivity index (χ1v) is 36.7. The molecule has 6 fully saturated rings. The summed E-state index contributed by atoms with van der Waals surface area (Å²) in [5.41, 5.74) is -0.0167.